The van der Waals surface area contributed by atoms with Crippen molar-refractivity contribution in [3.63, 3.8) is 0 Å². The van der Waals surface area contributed by atoms with E-state index in [-0.39, 0.29) is 43.1 Å². The molecule has 0 saturated heterocycles. The zero-order valence-electron chi connectivity index (χ0n) is 46.3. The topological polar surface area (TPSA) is 59.1 Å². The molecular formula is C72H64N5OPt-. The Morgan fingerprint density at radius 3 is 1.67 bits per heavy atom. The van der Waals surface area contributed by atoms with Crippen LogP contribution in [0.15, 0.2) is 219 Å². The van der Waals surface area contributed by atoms with Gasteiger partial charge in [-0.15, -0.1) is 29.3 Å². The molecule has 0 aliphatic rings. The molecule has 7 heteroatoms. The summed E-state index contributed by atoms with van der Waals surface area (Å²) in [6, 6.07) is 79.1. The summed E-state index contributed by atoms with van der Waals surface area (Å²) in [6.07, 6.45) is 1.92. The molecular weight excluding hydrogens is 1150 g/mol. The van der Waals surface area contributed by atoms with E-state index >= 15 is 0 Å². The average molecular weight is 1210 g/mol. The molecule has 0 fully saturated rings. The van der Waals surface area contributed by atoms with Gasteiger partial charge in [-0.1, -0.05) is 177 Å². The first-order valence-electron chi connectivity index (χ1n) is 27.0. The summed E-state index contributed by atoms with van der Waals surface area (Å²) in [5.41, 5.74) is 19.1. The maximum Gasteiger partial charge on any atom is 0.148 e. The third-order valence-electron chi connectivity index (χ3n) is 15.2. The zero-order chi connectivity index (χ0) is 54.1. The third-order valence-corrected chi connectivity index (χ3v) is 15.2. The Kier molecular flexibility index (Phi) is 13.7. The molecule has 0 aliphatic heterocycles. The van der Waals surface area contributed by atoms with Crippen molar-refractivity contribution in [1.82, 2.24) is 19.1 Å². The van der Waals surface area contributed by atoms with Crippen LogP contribution in [0.1, 0.15) is 79.0 Å². The molecule has 0 amide bonds. The molecule has 0 radical (unpaired) electrons. The Balaban J connectivity index is 0.00000660. The van der Waals surface area contributed by atoms with Gasteiger partial charge in [-0.3, -0.25) is 9.55 Å². The van der Waals surface area contributed by atoms with Crippen LogP contribution in [0.2, 0.25) is 0 Å². The monoisotopic (exact) mass is 1210 g/mol. The van der Waals surface area contributed by atoms with Gasteiger partial charge in [0.2, 0.25) is 0 Å². The number of rotatable bonds is 9. The molecule has 12 aromatic rings. The molecule has 0 aliphatic carbocycles. The number of hydrogen-bond acceptors (Lipinski definition) is 4. The van der Waals surface area contributed by atoms with Crippen molar-refractivity contribution in [2.45, 2.75) is 78.6 Å². The number of hydrogen-bond donors (Lipinski definition) is 1. The summed E-state index contributed by atoms with van der Waals surface area (Å²) in [6.45, 7) is 20.3. The third kappa shape index (κ3) is 10.00. The van der Waals surface area contributed by atoms with Crippen LogP contribution in [0.25, 0.3) is 89.1 Å². The number of nitrogens with zero attached hydrogens (tertiary/aromatic N) is 5. The van der Waals surface area contributed by atoms with Crippen LogP contribution in [0, 0.1) is 6.07 Å². The second-order valence-electron chi connectivity index (χ2n) is 23.7. The van der Waals surface area contributed by atoms with Crippen LogP contribution in [-0.2, 0) is 37.3 Å². The van der Waals surface area contributed by atoms with E-state index in [9.17, 15) is 5.11 Å². The van der Waals surface area contributed by atoms with Crippen molar-refractivity contribution in [3.8, 4) is 62.0 Å². The fourth-order valence-electron chi connectivity index (χ4n) is 10.9. The van der Waals surface area contributed by atoms with E-state index in [4.69, 9.17) is 9.97 Å². The Morgan fingerprint density at radius 1 is 0.430 bits per heavy atom. The van der Waals surface area contributed by atoms with Gasteiger partial charge in [-0.05, 0) is 136 Å². The summed E-state index contributed by atoms with van der Waals surface area (Å²) in [5.74, 6) is 0.854. The fourth-order valence-corrected chi connectivity index (χ4v) is 10.9. The number of benzene rings is 9. The molecule has 394 valence electrons. The number of phenolic OH excluding ortho intramolecular Hbond substituents is 1. The molecule has 9 aromatic carbocycles. The summed E-state index contributed by atoms with van der Waals surface area (Å²) >= 11 is 0. The number of imidazole rings is 1. The largest absolute Gasteiger partial charge is 0.507 e. The van der Waals surface area contributed by atoms with Crippen molar-refractivity contribution in [2.75, 3.05) is 4.90 Å². The number of aromatic nitrogens is 4. The molecule has 79 heavy (non-hydrogen) atoms. The van der Waals surface area contributed by atoms with Gasteiger partial charge in [-0.2, -0.15) is 0 Å². The van der Waals surface area contributed by atoms with Gasteiger partial charge in [0.25, 0.3) is 0 Å². The number of pyridine rings is 1. The average Bonchev–Trinajstić information content (AvgIpc) is 4.09. The van der Waals surface area contributed by atoms with Gasteiger partial charge < -0.3 is 14.6 Å². The summed E-state index contributed by atoms with van der Waals surface area (Å²) in [5, 5.41) is 13.8. The summed E-state index contributed by atoms with van der Waals surface area (Å²) in [7, 11) is 0. The minimum Gasteiger partial charge on any atom is -0.507 e. The number of fused-ring (bicyclic) bond motifs is 4. The van der Waals surface area contributed by atoms with Crippen molar-refractivity contribution >= 4 is 49.9 Å². The number of aromatic hydroxyl groups is 1. The minimum atomic E-state index is -0.193. The number of anilines is 3. The normalized spacial score (nSPS) is 12.1. The van der Waals surface area contributed by atoms with Gasteiger partial charge in [0.1, 0.15) is 11.6 Å². The number of phenols is 1. The van der Waals surface area contributed by atoms with E-state index < -0.39 is 0 Å². The molecule has 12 rings (SSSR count). The summed E-state index contributed by atoms with van der Waals surface area (Å²) < 4.78 is 4.62. The molecule has 0 saturated carbocycles. The van der Waals surface area contributed by atoms with E-state index in [0.717, 1.165) is 89.6 Å². The predicted octanol–water partition coefficient (Wildman–Crippen LogP) is 19.1. The Labute approximate surface area is 479 Å². The molecule has 0 unspecified atom stereocenters. The van der Waals surface area contributed by atoms with Gasteiger partial charge in [0.05, 0.1) is 27.6 Å². The van der Waals surface area contributed by atoms with Crippen LogP contribution in [0.4, 0.5) is 17.1 Å². The first-order chi connectivity index (χ1) is 37.5. The van der Waals surface area contributed by atoms with Crippen molar-refractivity contribution < 1.29 is 26.2 Å². The van der Waals surface area contributed by atoms with Crippen molar-refractivity contribution in [1.29, 1.82) is 0 Å². The number of para-hydroxylation sites is 5. The molecule has 3 aromatic heterocycles. The van der Waals surface area contributed by atoms with Crippen molar-refractivity contribution in [3.05, 3.63) is 241 Å². The van der Waals surface area contributed by atoms with E-state index in [1.165, 1.54) is 21.9 Å². The van der Waals surface area contributed by atoms with Crippen LogP contribution in [-0.4, -0.2) is 24.2 Å². The molecule has 0 bridgehead atoms. The molecule has 0 atom stereocenters. The quantitative estimate of drug-likeness (QED) is 0.146. The summed E-state index contributed by atoms with van der Waals surface area (Å²) in [4.78, 5) is 12.9. The standard InChI is InChI=1S/C72H64N5O.Pt/c1-70(2,3)51-39-49(59-30-21-32-66-68(59)74-69(61-29-17-19-33-67(61)78)77(66)58-44-52(71(4,5)6)43-53(45-58)72(7,8)9)38-50(40-51)63-42-48(36-37-73-63)47-34-35-65-62(41-47)60-28-16-18-31-64(60)76(65)57-27-20-26-56(46-57)75(54-22-12-10-13-23-54)55-24-14-11-15-25-55;/h10-37,39-46,78H,1-9H3;/q-1;. The van der Waals surface area contributed by atoms with E-state index in [1.807, 2.05) is 24.4 Å². The Bertz CT molecular complexity index is 4160. The zero-order valence-corrected chi connectivity index (χ0v) is 48.6. The Morgan fingerprint density at radius 2 is 0.987 bits per heavy atom. The van der Waals surface area contributed by atoms with E-state index in [2.05, 4.69) is 270 Å². The first-order valence-corrected chi connectivity index (χ1v) is 27.0. The predicted molar refractivity (Wildman–Crippen MR) is 326 cm³/mol. The molecule has 6 nitrogen and oxygen atoms in total. The van der Waals surface area contributed by atoms with Crippen LogP contribution >= 0.6 is 0 Å². The molecule has 1 N–H and O–H groups in total. The second kappa shape index (κ2) is 20.5. The Hall–Kier alpha value is -8.31. The van der Waals surface area contributed by atoms with Gasteiger partial charge in [0.15, 0.2) is 0 Å². The SMILES string of the molecule is CC(C)(C)c1cc(-c2cc(-c3ccc4c(c3)c3ccccc3n4-c3cccc(N(c4ccccc4)c4ccccc4)c3)ccn2)[c-]c(-c2cccc3c2nc(-c2ccccc2O)n3-c2cc(C(C)(C)C)cc(C(C)(C)C)c2)c1.[Pt]. The molecule has 0 spiro atoms. The maximum absolute atomic E-state index is 11.5. The van der Waals surface area contributed by atoms with Gasteiger partial charge in [0, 0.05) is 72.2 Å². The van der Waals surface area contributed by atoms with Crippen LogP contribution in [0.5, 0.6) is 5.75 Å². The first kappa shape index (κ1) is 52.7. The smallest absolute Gasteiger partial charge is 0.148 e. The van der Waals surface area contributed by atoms with Crippen molar-refractivity contribution in [2.24, 2.45) is 0 Å². The minimum absolute atomic E-state index is 0. The van der Waals surface area contributed by atoms with Gasteiger partial charge in [-0.25, -0.2) is 4.98 Å². The molecule has 3 heterocycles. The van der Waals surface area contributed by atoms with Gasteiger partial charge >= 0.3 is 0 Å². The van der Waals surface area contributed by atoms with Crippen LogP contribution in [0.3, 0.4) is 0 Å². The maximum atomic E-state index is 11.5. The second-order valence-corrected chi connectivity index (χ2v) is 23.7. The van der Waals surface area contributed by atoms with E-state index in [0.29, 0.717) is 11.4 Å². The fraction of sp³-hybridized carbons (Fsp3) is 0.167. The van der Waals surface area contributed by atoms with Crippen LogP contribution < -0.4 is 4.90 Å². The van der Waals surface area contributed by atoms with E-state index in [1.54, 1.807) is 6.07 Å².